The van der Waals surface area contributed by atoms with Crippen LogP contribution in [0.3, 0.4) is 0 Å². The van der Waals surface area contributed by atoms with Crippen molar-refractivity contribution in [3.05, 3.63) is 128 Å². The number of nitrogens with one attached hydrogen (secondary N) is 1. The normalized spacial score (nSPS) is 11.0. The van der Waals surface area contributed by atoms with E-state index >= 15 is 0 Å². The van der Waals surface area contributed by atoms with Crippen LogP contribution in [0.15, 0.2) is 90.5 Å². The molecule has 7 heteroatoms. The van der Waals surface area contributed by atoms with Gasteiger partial charge in [0, 0.05) is 16.3 Å². The number of aryl methyl sites for hydroxylation is 2. The van der Waals surface area contributed by atoms with E-state index in [2.05, 4.69) is 31.3 Å². The van der Waals surface area contributed by atoms with E-state index in [1.807, 2.05) is 36.4 Å². The van der Waals surface area contributed by atoms with Crippen molar-refractivity contribution in [2.45, 2.75) is 27.1 Å². The Balaban J connectivity index is 1.36. The standard InChI is InChI=1S/C32H26Cl2N2O3/c1-21-7-8-24(15-22(21)2)19-39-31-14-9-23(17-30(31)34)16-26(18-35)32(37)36-27-10-12-28(13-11-27)38-20-25-5-3-4-6-29(25)33/h3-17H,19-20H2,1-2H3,(H,36,37)/b26-16+. The highest BCUT2D eigenvalue weighted by molar-refractivity contribution is 6.32. The Labute approximate surface area is 238 Å². The van der Waals surface area contributed by atoms with E-state index in [0.717, 1.165) is 11.1 Å². The van der Waals surface area contributed by atoms with Gasteiger partial charge in [0.2, 0.25) is 0 Å². The lowest BCUT2D eigenvalue weighted by atomic mass is 10.1. The van der Waals surface area contributed by atoms with Gasteiger partial charge in [0.1, 0.15) is 36.4 Å². The summed E-state index contributed by atoms with van der Waals surface area (Å²) in [6.07, 6.45) is 1.48. The first-order chi connectivity index (χ1) is 18.8. The smallest absolute Gasteiger partial charge is 0.266 e. The Hall–Kier alpha value is -4.24. The zero-order valence-electron chi connectivity index (χ0n) is 21.5. The van der Waals surface area contributed by atoms with E-state index in [9.17, 15) is 10.1 Å². The summed E-state index contributed by atoms with van der Waals surface area (Å²) in [7, 11) is 0. The molecule has 0 radical (unpaired) electrons. The minimum absolute atomic E-state index is 0.0612. The van der Waals surface area contributed by atoms with Gasteiger partial charge in [-0.15, -0.1) is 0 Å². The van der Waals surface area contributed by atoms with Crippen molar-refractivity contribution >= 4 is 40.9 Å². The number of ether oxygens (including phenoxy) is 2. The molecule has 0 aromatic heterocycles. The molecule has 0 aliphatic heterocycles. The molecule has 5 nitrogen and oxygen atoms in total. The lowest BCUT2D eigenvalue weighted by Gasteiger charge is -2.10. The second-order valence-electron chi connectivity index (χ2n) is 8.93. The summed E-state index contributed by atoms with van der Waals surface area (Å²) in [5.74, 6) is 0.610. The average molecular weight is 557 g/mol. The quantitative estimate of drug-likeness (QED) is 0.166. The van der Waals surface area contributed by atoms with Crippen LogP contribution in [0.5, 0.6) is 11.5 Å². The van der Waals surface area contributed by atoms with Gasteiger partial charge in [-0.05, 0) is 84.6 Å². The number of nitriles is 1. The second kappa shape index (κ2) is 13.0. The molecule has 0 bridgehead atoms. The number of halogens is 2. The summed E-state index contributed by atoms with van der Waals surface area (Å²) in [6, 6.07) is 27.6. The number of hydrogen-bond donors (Lipinski definition) is 1. The van der Waals surface area contributed by atoms with Crippen molar-refractivity contribution < 1.29 is 14.3 Å². The number of hydrogen-bond acceptors (Lipinski definition) is 4. The van der Waals surface area contributed by atoms with Crippen LogP contribution in [0.2, 0.25) is 10.0 Å². The highest BCUT2D eigenvalue weighted by atomic mass is 35.5. The molecule has 1 amide bonds. The third-order valence-electron chi connectivity index (χ3n) is 6.06. The summed E-state index contributed by atoms with van der Waals surface area (Å²) in [5, 5.41) is 13.3. The van der Waals surface area contributed by atoms with Gasteiger partial charge in [0.15, 0.2) is 0 Å². The third kappa shape index (κ3) is 7.64. The SMILES string of the molecule is Cc1ccc(COc2ccc(/C=C(\C#N)C(=O)Nc3ccc(OCc4ccccc4Cl)cc3)cc2Cl)cc1C. The maximum absolute atomic E-state index is 12.7. The molecule has 0 aliphatic rings. The largest absolute Gasteiger partial charge is 0.489 e. The Morgan fingerprint density at radius 3 is 2.33 bits per heavy atom. The Morgan fingerprint density at radius 1 is 0.872 bits per heavy atom. The molecule has 4 aromatic rings. The zero-order valence-corrected chi connectivity index (χ0v) is 23.0. The van der Waals surface area contributed by atoms with E-state index in [0.29, 0.717) is 46.0 Å². The van der Waals surface area contributed by atoms with Gasteiger partial charge in [-0.2, -0.15) is 5.26 Å². The predicted octanol–water partition coefficient (Wildman–Crippen LogP) is 8.31. The fraction of sp³-hybridized carbons (Fsp3) is 0.125. The van der Waals surface area contributed by atoms with Crippen molar-refractivity contribution in [3.63, 3.8) is 0 Å². The number of amides is 1. The molecule has 0 fully saturated rings. The topological polar surface area (TPSA) is 71.3 Å². The summed E-state index contributed by atoms with van der Waals surface area (Å²) < 4.78 is 11.6. The molecule has 0 atom stereocenters. The maximum Gasteiger partial charge on any atom is 0.266 e. The fourth-order valence-corrected chi connectivity index (χ4v) is 4.14. The van der Waals surface area contributed by atoms with Crippen LogP contribution < -0.4 is 14.8 Å². The predicted molar refractivity (Wildman–Crippen MR) is 156 cm³/mol. The van der Waals surface area contributed by atoms with Gasteiger partial charge in [-0.3, -0.25) is 4.79 Å². The number of anilines is 1. The first-order valence-corrected chi connectivity index (χ1v) is 13.0. The van der Waals surface area contributed by atoms with Gasteiger partial charge in [0.25, 0.3) is 5.91 Å². The minimum atomic E-state index is -0.534. The number of carbonyl (C=O) groups is 1. The molecule has 4 rings (SSSR count). The molecular weight excluding hydrogens is 531 g/mol. The van der Waals surface area contributed by atoms with E-state index < -0.39 is 5.91 Å². The lowest BCUT2D eigenvalue weighted by molar-refractivity contribution is -0.112. The molecule has 0 heterocycles. The van der Waals surface area contributed by atoms with E-state index in [-0.39, 0.29) is 5.57 Å². The molecule has 0 saturated heterocycles. The van der Waals surface area contributed by atoms with Crippen molar-refractivity contribution in [2.75, 3.05) is 5.32 Å². The molecule has 39 heavy (non-hydrogen) atoms. The van der Waals surface area contributed by atoms with Gasteiger partial charge < -0.3 is 14.8 Å². The Kier molecular flexibility index (Phi) is 9.27. The zero-order chi connectivity index (χ0) is 27.8. The fourth-order valence-electron chi connectivity index (χ4n) is 3.70. The second-order valence-corrected chi connectivity index (χ2v) is 9.74. The highest BCUT2D eigenvalue weighted by Gasteiger charge is 2.11. The summed E-state index contributed by atoms with van der Waals surface area (Å²) in [5.41, 5.74) is 5.41. The van der Waals surface area contributed by atoms with Crippen LogP contribution >= 0.6 is 23.2 Å². The van der Waals surface area contributed by atoms with Crippen LogP contribution in [0.4, 0.5) is 5.69 Å². The third-order valence-corrected chi connectivity index (χ3v) is 6.73. The van der Waals surface area contributed by atoms with Crippen LogP contribution in [-0.2, 0) is 18.0 Å². The number of rotatable bonds is 9. The summed E-state index contributed by atoms with van der Waals surface area (Å²) >= 11 is 12.6. The molecule has 0 unspecified atom stereocenters. The Bertz CT molecular complexity index is 1560. The van der Waals surface area contributed by atoms with Crippen LogP contribution in [-0.4, -0.2) is 5.91 Å². The van der Waals surface area contributed by atoms with E-state index in [4.69, 9.17) is 32.7 Å². The lowest BCUT2D eigenvalue weighted by Crippen LogP contribution is -2.13. The van der Waals surface area contributed by atoms with Gasteiger partial charge in [-0.1, -0.05) is 65.7 Å². The average Bonchev–Trinajstić information content (AvgIpc) is 2.93. The molecule has 1 N–H and O–H groups in total. The van der Waals surface area contributed by atoms with Crippen LogP contribution in [0.25, 0.3) is 6.08 Å². The Morgan fingerprint density at radius 2 is 1.64 bits per heavy atom. The number of benzene rings is 4. The molecule has 4 aromatic carbocycles. The highest BCUT2D eigenvalue weighted by Crippen LogP contribution is 2.28. The van der Waals surface area contributed by atoms with E-state index in [1.54, 1.807) is 42.5 Å². The van der Waals surface area contributed by atoms with Crippen LogP contribution in [0, 0.1) is 25.2 Å². The first-order valence-electron chi connectivity index (χ1n) is 12.2. The van der Waals surface area contributed by atoms with Crippen LogP contribution in [0.1, 0.15) is 27.8 Å². The monoisotopic (exact) mass is 556 g/mol. The number of nitrogens with zero attached hydrogens (tertiary/aromatic N) is 1. The van der Waals surface area contributed by atoms with E-state index in [1.165, 1.54) is 17.2 Å². The molecule has 0 saturated carbocycles. The summed E-state index contributed by atoms with van der Waals surface area (Å²) in [6.45, 7) is 4.83. The summed E-state index contributed by atoms with van der Waals surface area (Å²) in [4.78, 5) is 12.7. The van der Waals surface area contributed by atoms with Crippen molar-refractivity contribution in [2.24, 2.45) is 0 Å². The van der Waals surface area contributed by atoms with Gasteiger partial charge in [0.05, 0.1) is 5.02 Å². The molecular formula is C32H26Cl2N2O3. The maximum atomic E-state index is 12.7. The molecule has 0 aliphatic carbocycles. The number of carbonyl (C=O) groups excluding carboxylic acids is 1. The minimum Gasteiger partial charge on any atom is -0.489 e. The molecule has 196 valence electrons. The first kappa shape index (κ1) is 27.8. The van der Waals surface area contributed by atoms with Gasteiger partial charge >= 0.3 is 0 Å². The van der Waals surface area contributed by atoms with Gasteiger partial charge in [-0.25, -0.2) is 0 Å². The van der Waals surface area contributed by atoms with Crippen molar-refractivity contribution in [1.82, 2.24) is 0 Å². The van der Waals surface area contributed by atoms with Crippen molar-refractivity contribution in [1.29, 1.82) is 5.26 Å². The van der Waals surface area contributed by atoms with Crippen molar-refractivity contribution in [3.8, 4) is 17.6 Å². The molecule has 0 spiro atoms.